The van der Waals surface area contributed by atoms with Gasteiger partial charge in [-0.2, -0.15) is 0 Å². The number of nitro benzene ring substituents is 1. The van der Waals surface area contributed by atoms with Crippen LogP contribution in [0.2, 0.25) is 0 Å². The van der Waals surface area contributed by atoms with Gasteiger partial charge in [0.1, 0.15) is 6.33 Å². The summed E-state index contributed by atoms with van der Waals surface area (Å²) in [5.41, 5.74) is 1.13. The molecule has 1 aromatic heterocycles. The predicted molar refractivity (Wildman–Crippen MR) is 108 cm³/mol. The number of rotatable bonds is 10. The highest BCUT2D eigenvalue weighted by Gasteiger charge is 2.17. The van der Waals surface area contributed by atoms with E-state index in [9.17, 15) is 14.5 Å². The molecular weight excluding hydrogens is 377 g/mol. The van der Waals surface area contributed by atoms with E-state index in [1.54, 1.807) is 16.7 Å². The van der Waals surface area contributed by atoms with Gasteiger partial charge in [0.05, 0.1) is 40.9 Å². The summed E-state index contributed by atoms with van der Waals surface area (Å²) in [7, 11) is 0. The quantitative estimate of drug-likeness (QED) is 0.257. The van der Waals surface area contributed by atoms with E-state index in [0.29, 0.717) is 35.7 Å². The van der Waals surface area contributed by atoms with Crippen molar-refractivity contribution in [2.75, 3.05) is 13.2 Å². The largest absolute Gasteiger partial charge is 0.490 e. The smallest absolute Gasteiger partial charge is 0.272 e. The van der Waals surface area contributed by atoms with E-state index in [1.165, 1.54) is 18.5 Å². The van der Waals surface area contributed by atoms with Crippen molar-refractivity contribution in [1.29, 1.82) is 0 Å². The summed E-state index contributed by atoms with van der Waals surface area (Å²) in [6, 6.07) is 7.11. The number of ether oxygens (including phenoxy) is 2. The minimum Gasteiger partial charge on any atom is -0.490 e. The lowest BCUT2D eigenvalue weighted by molar-refractivity contribution is -0.385. The van der Waals surface area contributed by atoms with E-state index in [0.717, 1.165) is 31.7 Å². The summed E-state index contributed by atoms with van der Waals surface area (Å²) in [4.78, 5) is 14.6. The Morgan fingerprint density at radius 1 is 1.07 bits per heavy atom. The molecule has 1 heterocycles. The molecule has 3 rings (SSSR count). The predicted octanol–water partition coefficient (Wildman–Crippen LogP) is 5.43. The molecule has 154 valence electrons. The Kier molecular flexibility index (Phi) is 6.64. The normalized spacial score (nSPS) is 11.0. The minimum absolute atomic E-state index is 0.178. The van der Waals surface area contributed by atoms with Gasteiger partial charge in [-0.15, -0.1) is 0 Å². The van der Waals surface area contributed by atoms with E-state index in [4.69, 9.17) is 9.47 Å². The maximum absolute atomic E-state index is 14.5. The average Bonchev–Trinajstić information content (AvgIpc) is 3.10. The zero-order chi connectivity index (χ0) is 20.8. The number of fused-ring (bicyclic) bond motifs is 1. The number of nitro groups is 1. The first kappa shape index (κ1) is 20.6. The minimum atomic E-state index is -0.699. The number of imidazole rings is 1. The van der Waals surface area contributed by atoms with Gasteiger partial charge in [0, 0.05) is 18.2 Å². The van der Waals surface area contributed by atoms with Gasteiger partial charge in [-0.3, -0.25) is 14.7 Å². The molecule has 0 radical (unpaired) electrons. The summed E-state index contributed by atoms with van der Waals surface area (Å²) in [6.07, 6.45) is 5.33. The zero-order valence-electron chi connectivity index (χ0n) is 16.6. The fourth-order valence-corrected chi connectivity index (χ4v) is 2.89. The van der Waals surface area contributed by atoms with Crippen LogP contribution in [0.15, 0.2) is 36.7 Å². The number of benzene rings is 2. The molecule has 7 nitrogen and oxygen atoms in total. The molecule has 0 amide bonds. The molecule has 0 atom stereocenters. The molecule has 0 fully saturated rings. The van der Waals surface area contributed by atoms with Crippen LogP contribution in [0.4, 0.5) is 10.1 Å². The Bertz CT molecular complexity index is 1000. The third-order valence-electron chi connectivity index (χ3n) is 4.53. The molecule has 29 heavy (non-hydrogen) atoms. The Balaban J connectivity index is 2.01. The van der Waals surface area contributed by atoms with Crippen LogP contribution < -0.4 is 9.47 Å². The molecule has 3 aromatic rings. The van der Waals surface area contributed by atoms with Crippen LogP contribution in [0.25, 0.3) is 16.7 Å². The molecule has 8 heteroatoms. The van der Waals surface area contributed by atoms with Crippen molar-refractivity contribution >= 4 is 16.7 Å². The molecule has 0 unspecified atom stereocenters. The summed E-state index contributed by atoms with van der Waals surface area (Å²) in [5.74, 6) is 0.484. The van der Waals surface area contributed by atoms with Gasteiger partial charge in [0.25, 0.3) is 5.69 Å². The van der Waals surface area contributed by atoms with Crippen molar-refractivity contribution in [3.05, 3.63) is 52.6 Å². The second-order valence-electron chi connectivity index (χ2n) is 6.70. The maximum atomic E-state index is 14.5. The Hall–Kier alpha value is -3.16. The lowest BCUT2D eigenvalue weighted by atomic mass is 10.2. The number of non-ortho nitro benzene ring substituents is 1. The van der Waals surface area contributed by atoms with E-state index in [-0.39, 0.29) is 11.4 Å². The van der Waals surface area contributed by atoms with Gasteiger partial charge in [-0.05, 0) is 18.9 Å². The highest BCUT2D eigenvalue weighted by atomic mass is 19.1. The molecule has 2 aromatic carbocycles. The van der Waals surface area contributed by atoms with Crippen molar-refractivity contribution in [1.82, 2.24) is 9.55 Å². The van der Waals surface area contributed by atoms with E-state index >= 15 is 0 Å². The zero-order valence-corrected chi connectivity index (χ0v) is 16.6. The number of unbranched alkanes of at least 4 members (excludes halogenated alkanes) is 2. The van der Waals surface area contributed by atoms with E-state index in [1.807, 2.05) is 0 Å². The van der Waals surface area contributed by atoms with Crippen LogP contribution in [-0.4, -0.2) is 27.7 Å². The van der Waals surface area contributed by atoms with Gasteiger partial charge in [0.2, 0.25) is 0 Å². The van der Waals surface area contributed by atoms with Crippen molar-refractivity contribution in [3.8, 4) is 17.2 Å². The number of nitrogens with zero attached hydrogens (tertiary/aromatic N) is 3. The second-order valence-corrected chi connectivity index (χ2v) is 6.70. The number of hydrogen-bond acceptors (Lipinski definition) is 5. The fraction of sp³-hybridized carbons (Fsp3) is 0.381. The Labute approximate surface area is 168 Å². The van der Waals surface area contributed by atoms with Crippen molar-refractivity contribution in [2.45, 2.75) is 39.5 Å². The highest BCUT2D eigenvalue weighted by Crippen LogP contribution is 2.34. The van der Waals surface area contributed by atoms with Gasteiger partial charge in [-0.25, -0.2) is 9.37 Å². The molecule has 0 saturated heterocycles. The first-order valence-electron chi connectivity index (χ1n) is 9.76. The number of hydrogen-bond donors (Lipinski definition) is 0. The average molecular weight is 401 g/mol. The number of halogens is 1. The monoisotopic (exact) mass is 401 g/mol. The molecular formula is C21H24FN3O4. The molecule has 0 aliphatic heterocycles. The van der Waals surface area contributed by atoms with Crippen LogP contribution in [0.1, 0.15) is 39.5 Å². The lowest BCUT2D eigenvalue weighted by Gasteiger charge is -2.14. The second kappa shape index (κ2) is 9.36. The fourth-order valence-electron chi connectivity index (χ4n) is 2.89. The maximum Gasteiger partial charge on any atom is 0.272 e. The van der Waals surface area contributed by atoms with Gasteiger partial charge >= 0.3 is 0 Å². The first-order chi connectivity index (χ1) is 14.0. The molecule has 0 saturated carbocycles. The SMILES string of the molecule is CCCCOc1cc2ncn(-c3ccc([N+](=O)[O-])cc3F)c2cc1OCCCC. The lowest BCUT2D eigenvalue weighted by Crippen LogP contribution is -2.03. The van der Waals surface area contributed by atoms with E-state index < -0.39 is 10.7 Å². The Morgan fingerprint density at radius 2 is 1.72 bits per heavy atom. The standard InChI is InChI=1S/C21H24FN3O4/c1-3-5-9-28-20-12-17-19(13-21(20)29-10-6-4-2)24(14-23-17)18-8-7-15(25(26)27)11-16(18)22/h7-8,11-14H,3-6,9-10H2,1-2H3. The molecule has 0 spiro atoms. The summed E-state index contributed by atoms with van der Waals surface area (Å²) in [6.45, 7) is 5.29. The van der Waals surface area contributed by atoms with E-state index in [2.05, 4.69) is 18.8 Å². The summed E-state index contributed by atoms with van der Waals surface area (Å²) in [5, 5.41) is 10.9. The van der Waals surface area contributed by atoms with Crippen molar-refractivity contribution < 1.29 is 18.8 Å². The molecule has 0 bridgehead atoms. The third-order valence-corrected chi connectivity index (χ3v) is 4.53. The molecule has 0 aliphatic rings. The molecule has 0 N–H and O–H groups in total. The first-order valence-corrected chi connectivity index (χ1v) is 9.76. The van der Waals surface area contributed by atoms with Crippen LogP contribution in [0, 0.1) is 15.9 Å². The van der Waals surface area contributed by atoms with Gasteiger partial charge in [0.15, 0.2) is 17.3 Å². The summed E-state index contributed by atoms with van der Waals surface area (Å²) < 4.78 is 27.9. The topological polar surface area (TPSA) is 79.4 Å². The van der Waals surface area contributed by atoms with Crippen LogP contribution in [-0.2, 0) is 0 Å². The Morgan fingerprint density at radius 3 is 2.31 bits per heavy atom. The van der Waals surface area contributed by atoms with Crippen molar-refractivity contribution in [3.63, 3.8) is 0 Å². The number of aromatic nitrogens is 2. The van der Waals surface area contributed by atoms with Crippen LogP contribution in [0.5, 0.6) is 11.5 Å². The van der Waals surface area contributed by atoms with Crippen molar-refractivity contribution in [2.24, 2.45) is 0 Å². The third kappa shape index (κ3) is 4.64. The van der Waals surface area contributed by atoms with Gasteiger partial charge < -0.3 is 9.47 Å². The highest BCUT2D eigenvalue weighted by molar-refractivity contribution is 5.81. The van der Waals surface area contributed by atoms with Gasteiger partial charge in [-0.1, -0.05) is 26.7 Å². The molecule has 0 aliphatic carbocycles. The van der Waals surface area contributed by atoms with Crippen LogP contribution >= 0.6 is 0 Å². The summed E-state index contributed by atoms with van der Waals surface area (Å²) >= 11 is 0. The van der Waals surface area contributed by atoms with Crippen LogP contribution in [0.3, 0.4) is 0 Å².